The van der Waals surface area contributed by atoms with Crippen molar-refractivity contribution >= 4 is 16.7 Å². The molecule has 9 heteroatoms. The van der Waals surface area contributed by atoms with Crippen LogP contribution in [0.5, 0.6) is 5.88 Å². The van der Waals surface area contributed by atoms with Crippen LogP contribution in [0.2, 0.25) is 0 Å². The lowest BCUT2D eigenvalue weighted by atomic mass is 10.0. The lowest BCUT2D eigenvalue weighted by Gasteiger charge is -2.16. The Kier molecular flexibility index (Phi) is 5.35. The van der Waals surface area contributed by atoms with Crippen LogP contribution >= 0.6 is 0 Å². The molecule has 0 spiro atoms. The van der Waals surface area contributed by atoms with E-state index in [0.717, 1.165) is 33.5 Å². The second kappa shape index (κ2) is 8.10. The Morgan fingerprint density at radius 1 is 1.10 bits per heavy atom. The molecule has 0 fully saturated rings. The average molecular weight is 406 g/mol. The van der Waals surface area contributed by atoms with Gasteiger partial charge in [-0.1, -0.05) is 13.8 Å². The first-order valence-corrected chi connectivity index (χ1v) is 10.0. The van der Waals surface area contributed by atoms with Gasteiger partial charge < -0.3 is 10.1 Å². The molecular weight excluding hydrogens is 380 g/mol. The van der Waals surface area contributed by atoms with E-state index in [1.807, 2.05) is 44.0 Å². The normalized spacial score (nSPS) is 11.4. The maximum absolute atomic E-state index is 5.79. The van der Waals surface area contributed by atoms with Crippen molar-refractivity contribution < 1.29 is 4.74 Å². The highest BCUT2D eigenvalue weighted by atomic mass is 16.5. The fourth-order valence-electron chi connectivity index (χ4n) is 3.52. The largest absolute Gasteiger partial charge is 0.478 e. The number of nitrogens with one attached hydrogen (secondary N) is 1. The number of nitrogens with zero attached hydrogens (tertiary/aromatic N) is 7. The number of aromatic nitrogens is 7. The highest BCUT2D eigenvalue weighted by Crippen LogP contribution is 2.40. The molecule has 0 aliphatic rings. The average Bonchev–Trinajstić information content (AvgIpc) is 3.30. The summed E-state index contributed by atoms with van der Waals surface area (Å²) in [6, 6.07) is 3.90. The van der Waals surface area contributed by atoms with E-state index in [1.165, 1.54) is 0 Å². The van der Waals surface area contributed by atoms with Gasteiger partial charge in [0.15, 0.2) is 11.5 Å². The molecule has 0 atom stereocenters. The first-order valence-electron chi connectivity index (χ1n) is 10.0. The van der Waals surface area contributed by atoms with Gasteiger partial charge >= 0.3 is 0 Å². The van der Waals surface area contributed by atoms with Crippen LogP contribution < -0.4 is 10.1 Å². The Hall–Kier alpha value is -3.49. The Morgan fingerprint density at radius 2 is 1.93 bits per heavy atom. The van der Waals surface area contributed by atoms with Gasteiger partial charge in [-0.2, -0.15) is 10.2 Å². The van der Waals surface area contributed by atoms with Gasteiger partial charge in [-0.25, -0.2) is 15.0 Å². The van der Waals surface area contributed by atoms with Gasteiger partial charge in [0.05, 0.1) is 29.9 Å². The molecule has 0 aromatic carbocycles. The molecule has 9 nitrogen and oxygen atoms in total. The van der Waals surface area contributed by atoms with Crippen LogP contribution in [-0.4, -0.2) is 41.1 Å². The number of hydrogen-bond acceptors (Lipinski definition) is 7. The standard InChI is InChI=1S/C21H26N8O/c1-6-30-21-14(8-7-9-22-21)15-10-24-20-17(18(13(2)3)27-29(20)5)19(15)23-11-16-25-12-28(4)26-16/h7-10,12-13H,6,11H2,1-5H3,(H,23,24). The summed E-state index contributed by atoms with van der Waals surface area (Å²) in [6.07, 6.45) is 5.27. The fourth-order valence-corrected chi connectivity index (χ4v) is 3.52. The van der Waals surface area contributed by atoms with E-state index in [9.17, 15) is 0 Å². The number of fused-ring (bicyclic) bond motifs is 1. The van der Waals surface area contributed by atoms with Gasteiger partial charge in [-0.3, -0.25) is 9.36 Å². The van der Waals surface area contributed by atoms with Gasteiger partial charge in [0.1, 0.15) is 6.33 Å². The van der Waals surface area contributed by atoms with E-state index in [4.69, 9.17) is 14.8 Å². The number of hydrogen-bond donors (Lipinski definition) is 1. The summed E-state index contributed by atoms with van der Waals surface area (Å²) in [5.74, 6) is 1.52. The summed E-state index contributed by atoms with van der Waals surface area (Å²) in [7, 11) is 3.77. The summed E-state index contributed by atoms with van der Waals surface area (Å²) >= 11 is 0. The van der Waals surface area contributed by atoms with Crippen molar-refractivity contribution in [3.63, 3.8) is 0 Å². The van der Waals surface area contributed by atoms with Crippen LogP contribution in [0.15, 0.2) is 30.9 Å². The van der Waals surface area contributed by atoms with E-state index in [-0.39, 0.29) is 5.92 Å². The lowest BCUT2D eigenvalue weighted by Crippen LogP contribution is -2.06. The molecule has 156 valence electrons. The van der Waals surface area contributed by atoms with Gasteiger partial charge in [0.2, 0.25) is 5.88 Å². The molecule has 1 N–H and O–H groups in total. The Bertz CT molecular complexity index is 1180. The second-order valence-electron chi connectivity index (χ2n) is 7.39. The fraction of sp³-hybridized carbons (Fsp3) is 0.381. The smallest absolute Gasteiger partial charge is 0.221 e. The van der Waals surface area contributed by atoms with Crippen LogP contribution in [0.3, 0.4) is 0 Å². The van der Waals surface area contributed by atoms with Crippen molar-refractivity contribution in [2.24, 2.45) is 14.1 Å². The number of ether oxygens (including phenoxy) is 1. The predicted molar refractivity (Wildman–Crippen MR) is 115 cm³/mol. The maximum atomic E-state index is 5.79. The highest BCUT2D eigenvalue weighted by molar-refractivity contribution is 6.00. The first kappa shape index (κ1) is 19.8. The Labute approximate surface area is 175 Å². The van der Waals surface area contributed by atoms with Crippen molar-refractivity contribution in [3.05, 3.63) is 42.4 Å². The minimum absolute atomic E-state index is 0.236. The molecule has 30 heavy (non-hydrogen) atoms. The third kappa shape index (κ3) is 3.58. The molecule has 4 heterocycles. The van der Waals surface area contributed by atoms with Gasteiger partial charge in [-0.15, -0.1) is 0 Å². The Balaban J connectivity index is 1.92. The minimum atomic E-state index is 0.236. The van der Waals surface area contributed by atoms with Crippen LogP contribution in [0, 0.1) is 0 Å². The maximum Gasteiger partial charge on any atom is 0.221 e. The number of rotatable bonds is 7. The molecule has 4 aromatic heterocycles. The van der Waals surface area contributed by atoms with E-state index >= 15 is 0 Å². The molecule has 0 saturated carbocycles. The van der Waals surface area contributed by atoms with Crippen LogP contribution in [0.4, 0.5) is 5.69 Å². The molecule has 0 aliphatic heterocycles. The van der Waals surface area contributed by atoms with E-state index in [0.29, 0.717) is 24.9 Å². The zero-order chi connectivity index (χ0) is 21.3. The topological polar surface area (TPSA) is 95.6 Å². The number of pyridine rings is 2. The van der Waals surface area contributed by atoms with Crippen molar-refractivity contribution in [1.29, 1.82) is 0 Å². The van der Waals surface area contributed by atoms with Crippen LogP contribution in [0.1, 0.15) is 38.2 Å². The summed E-state index contributed by atoms with van der Waals surface area (Å²) in [6.45, 7) is 7.22. The van der Waals surface area contributed by atoms with Crippen LogP contribution in [0.25, 0.3) is 22.2 Å². The molecule has 4 rings (SSSR count). The molecule has 0 amide bonds. The summed E-state index contributed by atoms with van der Waals surface area (Å²) in [5.41, 5.74) is 4.52. The summed E-state index contributed by atoms with van der Waals surface area (Å²) in [4.78, 5) is 13.5. The molecule has 0 unspecified atom stereocenters. The predicted octanol–water partition coefficient (Wildman–Crippen LogP) is 3.29. The Morgan fingerprint density at radius 3 is 2.63 bits per heavy atom. The van der Waals surface area contributed by atoms with Gasteiger partial charge in [0.25, 0.3) is 0 Å². The van der Waals surface area contributed by atoms with Gasteiger partial charge in [-0.05, 0) is 25.0 Å². The highest BCUT2D eigenvalue weighted by Gasteiger charge is 2.22. The lowest BCUT2D eigenvalue weighted by molar-refractivity contribution is 0.328. The zero-order valence-electron chi connectivity index (χ0n) is 17.9. The molecule has 4 aromatic rings. The van der Waals surface area contributed by atoms with E-state index < -0.39 is 0 Å². The minimum Gasteiger partial charge on any atom is -0.478 e. The zero-order valence-corrected chi connectivity index (χ0v) is 17.9. The van der Waals surface area contributed by atoms with Crippen molar-refractivity contribution in [2.75, 3.05) is 11.9 Å². The monoisotopic (exact) mass is 406 g/mol. The molecule has 0 radical (unpaired) electrons. The number of anilines is 1. The molecular formula is C21H26N8O. The van der Waals surface area contributed by atoms with Crippen molar-refractivity contribution in [1.82, 2.24) is 34.5 Å². The molecule has 0 saturated heterocycles. The van der Waals surface area contributed by atoms with Crippen LogP contribution in [-0.2, 0) is 20.6 Å². The van der Waals surface area contributed by atoms with Crippen molar-refractivity contribution in [2.45, 2.75) is 33.2 Å². The SMILES string of the molecule is CCOc1ncccc1-c1cnc2c(c(C(C)C)nn2C)c1NCc1ncn(C)n1. The molecule has 0 aliphatic carbocycles. The third-order valence-corrected chi connectivity index (χ3v) is 4.84. The van der Waals surface area contributed by atoms with Crippen molar-refractivity contribution in [3.8, 4) is 17.0 Å². The van der Waals surface area contributed by atoms with Gasteiger partial charge in [0, 0.05) is 37.6 Å². The molecule has 0 bridgehead atoms. The van der Waals surface area contributed by atoms with E-state index in [1.54, 1.807) is 17.2 Å². The first-order chi connectivity index (χ1) is 14.5. The number of aryl methyl sites for hydroxylation is 2. The summed E-state index contributed by atoms with van der Waals surface area (Å²) in [5, 5.41) is 13.7. The second-order valence-corrected chi connectivity index (χ2v) is 7.39. The summed E-state index contributed by atoms with van der Waals surface area (Å²) < 4.78 is 9.31. The third-order valence-electron chi connectivity index (χ3n) is 4.84. The van der Waals surface area contributed by atoms with E-state index in [2.05, 4.69) is 34.2 Å². The quantitative estimate of drug-likeness (QED) is 0.503.